The molecule has 6 heteroatoms. The van der Waals surface area contributed by atoms with Gasteiger partial charge < -0.3 is 19.5 Å². The van der Waals surface area contributed by atoms with Crippen molar-refractivity contribution < 1.29 is 19.7 Å². The van der Waals surface area contributed by atoms with Crippen molar-refractivity contribution in [3.63, 3.8) is 0 Å². The Bertz CT molecular complexity index is 678. The molecule has 2 N–H and O–H groups in total. The van der Waals surface area contributed by atoms with Crippen LogP contribution in [0.3, 0.4) is 0 Å². The molecular formula is C15H16N2O4. The molecule has 1 aromatic heterocycles. The molecule has 21 heavy (non-hydrogen) atoms. The molecule has 0 fully saturated rings. The highest BCUT2D eigenvalue weighted by molar-refractivity contribution is 5.86. The third-order valence-electron chi connectivity index (χ3n) is 3.59. The number of hydrogen-bond donors (Lipinski definition) is 2. The zero-order valence-corrected chi connectivity index (χ0v) is 11.5. The molecule has 3 rings (SSSR count). The predicted octanol–water partition coefficient (Wildman–Crippen LogP) is 2.20. The molecule has 0 saturated heterocycles. The largest absolute Gasteiger partial charge is 0.508 e. The Kier molecular flexibility index (Phi) is 3.51. The van der Waals surface area contributed by atoms with Crippen molar-refractivity contribution >= 4 is 5.97 Å². The van der Waals surface area contributed by atoms with Gasteiger partial charge in [-0.3, -0.25) is 0 Å². The molecule has 0 radical (unpaired) electrons. The number of phenols is 1. The van der Waals surface area contributed by atoms with Crippen LogP contribution in [0, 0.1) is 0 Å². The molecule has 2 heterocycles. The van der Waals surface area contributed by atoms with Crippen LogP contribution in [0.5, 0.6) is 11.5 Å². The van der Waals surface area contributed by atoms with E-state index in [9.17, 15) is 15.0 Å². The zero-order valence-electron chi connectivity index (χ0n) is 11.5. The lowest BCUT2D eigenvalue weighted by Gasteiger charge is -2.17. The van der Waals surface area contributed by atoms with Gasteiger partial charge in [0.1, 0.15) is 23.9 Å². The van der Waals surface area contributed by atoms with E-state index < -0.39 is 5.97 Å². The highest BCUT2D eigenvalue weighted by Gasteiger charge is 2.24. The minimum Gasteiger partial charge on any atom is -0.508 e. The third kappa shape index (κ3) is 2.69. The predicted molar refractivity (Wildman–Crippen MR) is 74.6 cm³/mol. The van der Waals surface area contributed by atoms with Gasteiger partial charge in [-0.25, -0.2) is 9.78 Å². The molecule has 2 aromatic rings. The number of rotatable bonds is 4. The SMILES string of the molecule is O=C(O)c1nc(COc2cccc(O)c2)n2c1CCCC2. The first-order chi connectivity index (χ1) is 10.1. The van der Waals surface area contributed by atoms with Gasteiger partial charge in [0.05, 0.1) is 5.69 Å². The molecule has 0 spiro atoms. The van der Waals surface area contributed by atoms with Gasteiger partial charge in [0.2, 0.25) is 0 Å². The second kappa shape index (κ2) is 5.47. The summed E-state index contributed by atoms with van der Waals surface area (Å²) in [6.07, 6.45) is 2.74. The lowest BCUT2D eigenvalue weighted by Crippen LogP contribution is -2.15. The summed E-state index contributed by atoms with van der Waals surface area (Å²) in [5.74, 6) is 0.276. The van der Waals surface area contributed by atoms with Crippen LogP contribution in [-0.2, 0) is 19.6 Å². The van der Waals surface area contributed by atoms with Gasteiger partial charge >= 0.3 is 5.97 Å². The first kappa shape index (κ1) is 13.5. The number of aromatic hydroxyl groups is 1. The number of phenolic OH excluding ortho intramolecular Hbond substituents is 1. The van der Waals surface area contributed by atoms with Crippen molar-refractivity contribution in [2.24, 2.45) is 0 Å². The molecule has 1 aliphatic rings. The average Bonchev–Trinajstić information content (AvgIpc) is 2.84. The molecule has 0 amide bonds. The number of aromatic nitrogens is 2. The molecule has 0 saturated carbocycles. The number of benzene rings is 1. The Labute approximate surface area is 121 Å². The van der Waals surface area contributed by atoms with Crippen LogP contribution in [0.4, 0.5) is 0 Å². The monoisotopic (exact) mass is 288 g/mol. The number of ether oxygens (including phenoxy) is 1. The minimum absolute atomic E-state index is 0.129. The van der Waals surface area contributed by atoms with Gasteiger partial charge in [0, 0.05) is 12.6 Å². The van der Waals surface area contributed by atoms with E-state index in [2.05, 4.69) is 4.98 Å². The van der Waals surface area contributed by atoms with E-state index >= 15 is 0 Å². The van der Waals surface area contributed by atoms with E-state index in [1.165, 1.54) is 6.07 Å². The van der Waals surface area contributed by atoms with Crippen molar-refractivity contribution in [2.75, 3.05) is 0 Å². The van der Waals surface area contributed by atoms with E-state index in [4.69, 9.17) is 4.74 Å². The summed E-state index contributed by atoms with van der Waals surface area (Å²) in [6.45, 7) is 0.956. The summed E-state index contributed by atoms with van der Waals surface area (Å²) in [5.41, 5.74) is 0.910. The van der Waals surface area contributed by atoms with Gasteiger partial charge in [-0.15, -0.1) is 0 Å². The van der Waals surface area contributed by atoms with Crippen LogP contribution in [0.1, 0.15) is 34.8 Å². The van der Waals surface area contributed by atoms with E-state index in [0.29, 0.717) is 11.6 Å². The Morgan fingerprint density at radius 3 is 3.00 bits per heavy atom. The summed E-state index contributed by atoms with van der Waals surface area (Å²) in [7, 11) is 0. The normalized spacial score (nSPS) is 13.7. The Morgan fingerprint density at radius 2 is 2.24 bits per heavy atom. The molecule has 1 aromatic carbocycles. The fraction of sp³-hybridized carbons (Fsp3) is 0.333. The molecule has 0 bridgehead atoms. The fourth-order valence-corrected chi connectivity index (χ4v) is 2.62. The van der Waals surface area contributed by atoms with Crippen molar-refractivity contribution in [2.45, 2.75) is 32.4 Å². The summed E-state index contributed by atoms with van der Waals surface area (Å²) < 4.78 is 7.54. The highest BCUT2D eigenvalue weighted by atomic mass is 16.5. The van der Waals surface area contributed by atoms with Crippen LogP contribution in [0.2, 0.25) is 0 Å². The molecule has 0 unspecified atom stereocenters. The summed E-state index contributed by atoms with van der Waals surface area (Å²) in [4.78, 5) is 15.5. The first-order valence-electron chi connectivity index (χ1n) is 6.88. The maximum atomic E-state index is 11.3. The van der Waals surface area contributed by atoms with Gasteiger partial charge in [-0.05, 0) is 31.4 Å². The molecule has 1 aliphatic heterocycles. The van der Waals surface area contributed by atoms with Crippen LogP contribution >= 0.6 is 0 Å². The molecule has 6 nitrogen and oxygen atoms in total. The lowest BCUT2D eigenvalue weighted by molar-refractivity contribution is 0.0689. The number of fused-ring (bicyclic) bond motifs is 1. The quantitative estimate of drug-likeness (QED) is 0.901. The number of imidazole rings is 1. The van der Waals surface area contributed by atoms with Gasteiger partial charge in [-0.1, -0.05) is 6.07 Å². The van der Waals surface area contributed by atoms with Crippen LogP contribution in [0.15, 0.2) is 24.3 Å². The number of nitrogens with zero attached hydrogens (tertiary/aromatic N) is 2. The fourth-order valence-electron chi connectivity index (χ4n) is 2.62. The van der Waals surface area contributed by atoms with Crippen molar-refractivity contribution in [1.82, 2.24) is 9.55 Å². The molecule has 110 valence electrons. The van der Waals surface area contributed by atoms with Crippen LogP contribution < -0.4 is 4.74 Å². The van der Waals surface area contributed by atoms with Crippen LogP contribution in [0.25, 0.3) is 0 Å². The first-order valence-corrected chi connectivity index (χ1v) is 6.88. The van der Waals surface area contributed by atoms with Gasteiger partial charge in [0.25, 0.3) is 0 Å². The minimum atomic E-state index is -0.996. The van der Waals surface area contributed by atoms with Crippen molar-refractivity contribution in [1.29, 1.82) is 0 Å². The van der Waals surface area contributed by atoms with Crippen molar-refractivity contribution in [3.8, 4) is 11.5 Å². The highest BCUT2D eigenvalue weighted by Crippen LogP contribution is 2.23. The second-order valence-electron chi connectivity index (χ2n) is 5.02. The molecule has 0 aliphatic carbocycles. The molecular weight excluding hydrogens is 272 g/mol. The van der Waals surface area contributed by atoms with Gasteiger partial charge in [-0.2, -0.15) is 0 Å². The van der Waals surface area contributed by atoms with Crippen molar-refractivity contribution in [3.05, 3.63) is 41.5 Å². The number of carbonyl (C=O) groups is 1. The molecule has 0 atom stereocenters. The topological polar surface area (TPSA) is 84.6 Å². The second-order valence-corrected chi connectivity index (χ2v) is 5.02. The standard InChI is InChI=1S/C15H16N2O4/c18-10-4-3-5-11(8-10)21-9-13-16-14(15(19)20)12-6-1-2-7-17(12)13/h3-5,8,18H,1-2,6-7,9H2,(H,19,20). The Hall–Kier alpha value is -2.50. The maximum Gasteiger partial charge on any atom is 0.356 e. The lowest BCUT2D eigenvalue weighted by atomic mass is 10.1. The van der Waals surface area contributed by atoms with E-state index in [1.54, 1.807) is 18.2 Å². The van der Waals surface area contributed by atoms with E-state index in [0.717, 1.165) is 31.5 Å². The number of aromatic carboxylic acids is 1. The number of hydrogen-bond acceptors (Lipinski definition) is 4. The number of carboxylic acids is 1. The van der Waals surface area contributed by atoms with Crippen LogP contribution in [-0.4, -0.2) is 25.7 Å². The summed E-state index contributed by atoms with van der Waals surface area (Å²) in [6, 6.07) is 6.50. The Morgan fingerprint density at radius 1 is 1.38 bits per heavy atom. The maximum absolute atomic E-state index is 11.3. The van der Waals surface area contributed by atoms with E-state index in [-0.39, 0.29) is 18.1 Å². The summed E-state index contributed by atoms with van der Waals surface area (Å²) in [5, 5.41) is 18.6. The van der Waals surface area contributed by atoms with Gasteiger partial charge in [0.15, 0.2) is 5.69 Å². The van der Waals surface area contributed by atoms with E-state index in [1.807, 2.05) is 4.57 Å². The zero-order chi connectivity index (χ0) is 14.8. The third-order valence-corrected chi connectivity index (χ3v) is 3.59. The number of carboxylic acid groups (broad SMARTS) is 1. The summed E-state index contributed by atoms with van der Waals surface area (Å²) >= 11 is 0. The smallest absolute Gasteiger partial charge is 0.356 e. The Balaban J connectivity index is 1.84. The average molecular weight is 288 g/mol.